The molecular formula is C28H33F2N7O5S. The van der Waals surface area contributed by atoms with E-state index >= 15 is 0 Å². The van der Waals surface area contributed by atoms with Gasteiger partial charge in [-0.3, -0.25) is 9.20 Å². The van der Waals surface area contributed by atoms with E-state index in [9.17, 15) is 27.1 Å². The lowest BCUT2D eigenvalue weighted by Crippen LogP contribution is -2.38. The standard InChI is InChI=1S/C28H33F2N7O5S/c1-15-25(32-23-9-18(10-24(42-2)36(15)23)27(39)34-13-19(31)11-20(34)14-38)21-8-17-6-7-22(37(28(29)30)43(3,40)41)33-26(17)35(21)12-16-4-5-16/h6-10,16,19-20,28,38H,4-5,11-14,31H2,1-3H3/t19-,20?/m1/s1. The van der Waals surface area contributed by atoms with E-state index in [0.29, 0.717) is 76.9 Å². The van der Waals surface area contributed by atoms with Crippen molar-refractivity contribution in [3.8, 4) is 17.3 Å². The molecule has 5 heterocycles. The number of hydrogen-bond acceptors (Lipinski definition) is 8. The highest BCUT2D eigenvalue weighted by Gasteiger charge is 2.35. The molecule has 1 aliphatic carbocycles. The van der Waals surface area contributed by atoms with Gasteiger partial charge in [0.2, 0.25) is 10.0 Å². The molecule has 0 radical (unpaired) electrons. The fourth-order valence-electron chi connectivity index (χ4n) is 5.93. The van der Waals surface area contributed by atoms with E-state index in [0.717, 1.165) is 12.8 Å². The number of carbonyl (C=O) groups is 1. The summed E-state index contributed by atoms with van der Waals surface area (Å²) >= 11 is 0. The van der Waals surface area contributed by atoms with Crippen molar-refractivity contribution in [2.24, 2.45) is 11.7 Å². The third-order valence-corrected chi connectivity index (χ3v) is 9.22. The summed E-state index contributed by atoms with van der Waals surface area (Å²) in [4.78, 5) is 24.4. The second-order valence-corrected chi connectivity index (χ2v) is 13.2. The molecule has 12 nitrogen and oxygen atoms in total. The fraction of sp³-hybridized carbons (Fsp3) is 0.464. The number of aliphatic hydroxyl groups is 1. The number of aliphatic hydroxyl groups excluding tert-OH is 1. The minimum Gasteiger partial charge on any atom is -0.482 e. The molecule has 4 aromatic rings. The van der Waals surface area contributed by atoms with Crippen LogP contribution < -0.4 is 14.8 Å². The molecule has 230 valence electrons. The minimum atomic E-state index is -4.28. The fourth-order valence-corrected chi connectivity index (χ4v) is 6.66. The Balaban J connectivity index is 1.49. The molecule has 0 aromatic carbocycles. The Morgan fingerprint density at radius 3 is 2.60 bits per heavy atom. The van der Waals surface area contributed by atoms with Gasteiger partial charge in [0.1, 0.15) is 22.8 Å². The highest BCUT2D eigenvalue weighted by atomic mass is 32.2. The summed E-state index contributed by atoms with van der Waals surface area (Å²) in [6, 6.07) is 7.39. The number of pyridine rings is 2. The van der Waals surface area contributed by atoms with Crippen LogP contribution in [0.3, 0.4) is 0 Å². The van der Waals surface area contributed by atoms with Crippen LogP contribution >= 0.6 is 0 Å². The van der Waals surface area contributed by atoms with Crippen molar-refractivity contribution in [3.63, 3.8) is 0 Å². The predicted molar refractivity (Wildman–Crippen MR) is 156 cm³/mol. The zero-order chi connectivity index (χ0) is 30.8. The summed E-state index contributed by atoms with van der Waals surface area (Å²) in [6.07, 6.45) is 3.23. The van der Waals surface area contributed by atoms with Gasteiger partial charge in [-0.15, -0.1) is 0 Å². The van der Waals surface area contributed by atoms with Gasteiger partial charge in [-0.05, 0) is 56.4 Å². The lowest BCUT2D eigenvalue weighted by atomic mass is 10.2. The number of likely N-dealkylation sites (tertiary alicyclic amines) is 1. The first-order valence-electron chi connectivity index (χ1n) is 13.9. The number of nitrogens with zero attached hydrogens (tertiary/aromatic N) is 6. The van der Waals surface area contributed by atoms with E-state index < -0.39 is 16.6 Å². The first-order chi connectivity index (χ1) is 20.4. The summed E-state index contributed by atoms with van der Waals surface area (Å²) < 4.78 is 61.3. The second-order valence-electron chi connectivity index (χ2n) is 11.3. The predicted octanol–water partition coefficient (Wildman–Crippen LogP) is 2.60. The SMILES string of the molecule is COc1cc(C(=O)N2C[C@H](N)CC2CO)cc2nc(-c3cc4ccc(N(C(F)F)S(C)(=O)=O)nc4n3CC3CC3)c(C)n12. The van der Waals surface area contributed by atoms with Crippen LogP contribution in [-0.2, 0) is 16.6 Å². The molecule has 43 heavy (non-hydrogen) atoms. The van der Waals surface area contributed by atoms with E-state index in [1.165, 1.54) is 13.2 Å². The number of methoxy groups -OCH3 is 1. The minimum absolute atomic E-state index is 0.00867. The molecule has 1 saturated heterocycles. The Kier molecular flexibility index (Phi) is 7.29. The smallest absolute Gasteiger partial charge is 0.329 e. The van der Waals surface area contributed by atoms with E-state index in [1.54, 1.807) is 27.5 Å². The van der Waals surface area contributed by atoms with E-state index in [4.69, 9.17) is 15.5 Å². The number of carbonyl (C=O) groups excluding carboxylic acids is 1. The maximum Gasteiger partial charge on any atom is 0.329 e. The molecule has 6 rings (SSSR count). The number of aromatic nitrogens is 4. The van der Waals surface area contributed by atoms with Crippen LogP contribution in [0.4, 0.5) is 14.6 Å². The Labute approximate surface area is 246 Å². The Bertz CT molecular complexity index is 1840. The first kappa shape index (κ1) is 29.3. The normalized spacial score (nSPS) is 19.2. The van der Waals surface area contributed by atoms with Gasteiger partial charge < -0.3 is 25.0 Å². The average Bonchev–Trinajstić information content (AvgIpc) is 3.46. The van der Waals surface area contributed by atoms with Gasteiger partial charge in [0.05, 0.1) is 37.4 Å². The Morgan fingerprint density at radius 2 is 1.98 bits per heavy atom. The van der Waals surface area contributed by atoms with Crippen molar-refractivity contribution < 1.29 is 31.8 Å². The molecule has 2 aliphatic rings. The molecular weight excluding hydrogens is 584 g/mol. The van der Waals surface area contributed by atoms with Gasteiger partial charge in [0.15, 0.2) is 5.88 Å². The molecule has 15 heteroatoms. The molecule has 2 fully saturated rings. The quantitative estimate of drug-likeness (QED) is 0.273. The number of fused-ring (bicyclic) bond motifs is 2. The number of nitrogens with two attached hydrogens (primary N) is 1. The van der Waals surface area contributed by atoms with Crippen LogP contribution in [-0.4, -0.2) is 88.4 Å². The van der Waals surface area contributed by atoms with Crippen LogP contribution in [0, 0.1) is 12.8 Å². The maximum absolute atomic E-state index is 13.8. The summed E-state index contributed by atoms with van der Waals surface area (Å²) in [6.45, 7) is -0.739. The third kappa shape index (κ3) is 5.18. The molecule has 1 amide bonds. The highest BCUT2D eigenvalue weighted by molar-refractivity contribution is 7.92. The highest BCUT2D eigenvalue weighted by Crippen LogP contribution is 2.38. The van der Waals surface area contributed by atoms with Crippen LogP contribution in [0.15, 0.2) is 30.3 Å². The van der Waals surface area contributed by atoms with E-state index in [1.807, 2.05) is 17.6 Å². The lowest BCUT2D eigenvalue weighted by Gasteiger charge is -2.23. The average molecular weight is 618 g/mol. The Morgan fingerprint density at radius 1 is 1.23 bits per heavy atom. The zero-order valence-corrected chi connectivity index (χ0v) is 24.8. The van der Waals surface area contributed by atoms with Crippen molar-refractivity contribution in [2.45, 2.75) is 51.4 Å². The monoisotopic (exact) mass is 617 g/mol. The Hall–Kier alpha value is -3.82. The van der Waals surface area contributed by atoms with Crippen molar-refractivity contribution in [2.75, 3.05) is 30.8 Å². The largest absolute Gasteiger partial charge is 0.482 e. The van der Waals surface area contributed by atoms with Gasteiger partial charge in [-0.25, -0.2) is 18.4 Å². The van der Waals surface area contributed by atoms with E-state index in [-0.39, 0.29) is 34.7 Å². The number of alkyl halides is 2. The number of hydrogen-bond donors (Lipinski definition) is 2. The van der Waals surface area contributed by atoms with Crippen molar-refractivity contribution >= 4 is 38.4 Å². The second kappa shape index (κ2) is 10.7. The molecule has 1 aliphatic heterocycles. The topological polar surface area (TPSA) is 148 Å². The summed E-state index contributed by atoms with van der Waals surface area (Å²) in [7, 11) is -2.79. The molecule has 4 aromatic heterocycles. The van der Waals surface area contributed by atoms with Crippen molar-refractivity contribution in [3.05, 3.63) is 41.6 Å². The third-order valence-electron chi connectivity index (χ3n) is 8.16. The molecule has 2 atom stereocenters. The number of halogens is 2. The molecule has 3 N–H and O–H groups in total. The van der Waals surface area contributed by atoms with Crippen LogP contribution in [0.25, 0.3) is 28.1 Å². The number of anilines is 1. The zero-order valence-electron chi connectivity index (χ0n) is 23.9. The van der Waals surface area contributed by atoms with Crippen LogP contribution in [0.2, 0.25) is 0 Å². The van der Waals surface area contributed by atoms with E-state index in [2.05, 4.69) is 4.98 Å². The number of sulfonamides is 1. The van der Waals surface area contributed by atoms with Gasteiger partial charge in [-0.1, -0.05) is 0 Å². The summed E-state index contributed by atoms with van der Waals surface area (Å²) in [5, 5.41) is 10.4. The molecule has 1 saturated carbocycles. The number of rotatable bonds is 9. The number of aryl methyl sites for hydroxylation is 1. The van der Waals surface area contributed by atoms with Crippen LogP contribution in [0.5, 0.6) is 5.88 Å². The summed E-state index contributed by atoms with van der Waals surface area (Å²) in [5.74, 6) is 0.0885. The number of ether oxygens (including phenoxy) is 1. The lowest BCUT2D eigenvalue weighted by molar-refractivity contribution is 0.0676. The van der Waals surface area contributed by atoms with Gasteiger partial charge in [0.25, 0.3) is 5.91 Å². The van der Waals surface area contributed by atoms with Gasteiger partial charge >= 0.3 is 6.55 Å². The van der Waals surface area contributed by atoms with Crippen LogP contribution in [0.1, 0.15) is 35.3 Å². The number of imidazole rings is 1. The number of amides is 1. The van der Waals surface area contributed by atoms with Crippen molar-refractivity contribution in [1.82, 2.24) is 23.8 Å². The first-order valence-corrected chi connectivity index (χ1v) is 15.8. The maximum atomic E-state index is 13.8. The molecule has 1 unspecified atom stereocenters. The molecule has 0 spiro atoms. The summed E-state index contributed by atoms with van der Waals surface area (Å²) in [5.41, 5.74) is 9.20. The van der Waals surface area contributed by atoms with Crippen molar-refractivity contribution in [1.29, 1.82) is 0 Å². The van der Waals surface area contributed by atoms with Gasteiger partial charge in [-0.2, -0.15) is 13.1 Å². The van der Waals surface area contributed by atoms with Gasteiger partial charge in [0, 0.05) is 36.1 Å². The molecule has 0 bridgehead atoms.